The molecule has 0 spiro atoms. The third kappa shape index (κ3) is 17.6. The second kappa shape index (κ2) is 26.3. The maximum Gasteiger partial charge on any atom is 1.00 e. The first-order valence-corrected chi connectivity index (χ1v) is 17.2. The molecule has 1 atom stereocenters. The number of aryl methyl sites for hydroxylation is 3. The van der Waals surface area contributed by atoms with Crippen LogP contribution in [0.15, 0.2) is 67.3 Å². The molecule has 4 N–H and O–H groups in total. The predicted octanol–water partition coefficient (Wildman–Crippen LogP) is 8.63. The molecule has 0 aliphatic heterocycles. The van der Waals surface area contributed by atoms with Crippen LogP contribution < -0.4 is 62.4 Å². The van der Waals surface area contributed by atoms with Crippen molar-refractivity contribution in [1.29, 1.82) is 0 Å². The number of benzene rings is 2. The Balaban J connectivity index is 0. The first kappa shape index (κ1) is 47.5. The molecule has 4 nitrogen and oxygen atoms in total. The van der Waals surface area contributed by atoms with E-state index in [9.17, 15) is 0 Å². The largest absolute Gasteiger partial charge is 1.00 e. The number of likely N-dealkylation sites (N-methyl/N-ethyl adjacent to an activating group) is 1. The Hall–Kier alpha value is -1.61. The summed E-state index contributed by atoms with van der Waals surface area (Å²) in [7, 11) is 1.79. The molecule has 0 bridgehead atoms. The normalized spacial score (nSPS) is 11.0. The van der Waals surface area contributed by atoms with Crippen LogP contribution in [0.4, 0.5) is 0 Å². The number of nitrogens with one attached hydrogen (secondary N) is 2. The van der Waals surface area contributed by atoms with E-state index in [1.807, 2.05) is 20.8 Å². The molecule has 0 fully saturated rings. The van der Waals surface area contributed by atoms with Gasteiger partial charge in [-0.3, -0.25) is 0 Å². The van der Waals surface area contributed by atoms with Crippen molar-refractivity contribution in [3.8, 4) is 11.1 Å². The van der Waals surface area contributed by atoms with Gasteiger partial charge in [-0.1, -0.05) is 114 Å². The fraction of sp³-hybridized carbons (Fsp3) is 0.439. The monoisotopic (exact) mass is 682 g/mol. The Morgan fingerprint density at radius 2 is 1.57 bits per heavy atom. The number of thiocarbonyl (C=S) groups is 1. The second-order valence-corrected chi connectivity index (χ2v) is 12.4. The summed E-state index contributed by atoms with van der Waals surface area (Å²) in [6.45, 7) is 32.3. The molecule has 0 saturated carbocycles. The number of hydrogen-bond donors (Lipinski definition) is 3. The molecule has 0 aliphatic rings. The number of nitrogens with zero attached hydrogens (tertiary/aromatic N) is 1. The van der Waals surface area contributed by atoms with Crippen LogP contribution >= 0.6 is 12.2 Å². The standard InChI is InChI=1S/C29H33N.C5H13N2.C5H11NS.C2H6.K/c1-8-11-21(5)26(25-13-10-9-12-22(25)6)18-27-29(24-16-14-20(4)15-17-24)28(19(2)3)23(7)30-27;1-3-5(6)4-7-2;1-4(2)6-5(3)7;1-2;/h9-10,12-18,30H,2,5,8,11H2,1,3-4,6-7H3;5H,3-4,6H2,1-2H3;4H,1-3H3,(H,6,7);1-2H3;/q;-1;;;+1/b26-18+;;;;. The van der Waals surface area contributed by atoms with Crippen LogP contribution in [0.3, 0.4) is 0 Å². The quantitative estimate of drug-likeness (QED) is 0.108. The minimum Gasteiger partial charge on any atom is -0.664 e. The van der Waals surface area contributed by atoms with Gasteiger partial charge in [0.1, 0.15) is 0 Å². The van der Waals surface area contributed by atoms with E-state index in [2.05, 4.69) is 139 Å². The zero-order valence-corrected chi connectivity index (χ0v) is 36.0. The van der Waals surface area contributed by atoms with Gasteiger partial charge in [0.05, 0.1) is 4.99 Å². The average Bonchev–Trinajstić information content (AvgIpc) is 3.33. The fourth-order valence-corrected chi connectivity index (χ4v) is 5.14. The number of H-pyrrole nitrogens is 1. The van der Waals surface area contributed by atoms with Gasteiger partial charge >= 0.3 is 51.4 Å². The summed E-state index contributed by atoms with van der Waals surface area (Å²) >= 11 is 4.76. The fourth-order valence-electron chi connectivity index (χ4n) is 4.91. The topological polar surface area (TPSA) is 67.9 Å². The molecule has 3 aromatic rings. The average molecular weight is 683 g/mol. The van der Waals surface area contributed by atoms with Gasteiger partial charge in [0, 0.05) is 28.6 Å². The van der Waals surface area contributed by atoms with Crippen LogP contribution in [0, 0.1) is 20.8 Å². The Morgan fingerprint density at radius 1 is 1.00 bits per heavy atom. The van der Waals surface area contributed by atoms with Crippen molar-refractivity contribution in [3.05, 3.63) is 106 Å². The van der Waals surface area contributed by atoms with E-state index >= 15 is 0 Å². The molecule has 0 saturated heterocycles. The minimum absolute atomic E-state index is 0. The van der Waals surface area contributed by atoms with E-state index in [0.717, 1.165) is 47.8 Å². The van der Waals surface area contributed by atoms with E-state index < -0.39 is 0 Å². The summed E-state index contributed by atoms with van der Waals surface area (Å²) in [5, 5.41) is 6.92. The van der Waals surface area contributed by atoms with Crippen LogP contribution in [0.25, 0.3) is 33.7 Å². The van der Waals surface area contributed by atoms with Gasteiger partial charge in [-0.15, -0.1) is 6.54 Å². The molecule has 2 aromatic carbocycles. The maximum absolute atomic E-state index is 5.49. The van der Waals surface area contributed by atoms with Gasteiger partial charge < -0.3 is 21.4 Å². The molecule has 0 radical (unpaired) electrons. The summed E-state index contributed by atoms with van der Waals surface area (Å²) in [4.78, 5) is 4.52. The van der Waals surface area contributed by atoms with Gasteiger partial charge in [0.15, 0.2) is 0 Å². The summed E-state index contributed by atoms with van der Waals surface area (Å²) in [6, 6.07) is 18.1. The summed E-state index contributed by atoms with van der Waals surface area (Å²) < 4.78 is 0. The summed E-state index contributed by atoms with van der Waals surface area (Å²) in [5.74, 6) is 0. The number of rotatable bonds is 11. The Morgan fingerprint density at radius 3 is 1.98 bits per heavy atom. The third-order valence-corrected chi connectivity index (χ3v) is 7.19. The van der Waals surface area contributed by atoms with Gasteiger partial charge in [-0.05, 0) is 107 Å². The van der Waals surface area contributed by atoms with Crippen LogP contribution in [0.2, 0.25) is 0 Å². The van der Waals surface area contributed by atoms with Crippen LogP contribution in [-0.2, 0) is 0 Å². The number of aromatic nitrogens is 1. The first-order chi connectivity index (χ1) is 21.8. The van der Waals surface area contributed by atoms with Crippen LogP contribution in [-0.4, -0.2) is 35.6 Å². The van der Waals surface area contributed by atoms with Crippen molar-refractivity contribution < 1.29 is 51.4 Å². The second-order valence-electron chi connectivity index (χ2n) is 11.8. The van der Waals surface area contributed by atoms with Gasteiger partial charge in [-0.25, -0.2) is 0 Å². The van der Waals surface area contributed by atoms with E-state index in [1.165, 1.54) is 44.5 Å². The van der Waals surface area contributed by atoms with Crippen molar-refractivity contribution in [2.45, 2.75) is 108 Å². The Bertz CT molecular complexity index is 1380. The minimum atomic E-state index is 0. The summed E-state index contributed by atoms with van der Waals surface area (Å²) in [6.07, 6.45) is 5.37. The molecule has 1 unspecified atom stereocenters. The van der Waals surface area contributed by atoms with E-state index in [1.54, 1.807) is 7.05 Å². The van der Waals surface area contributed by atoms with Crippen molar-refractivity contribution in [2.75, 3.05) is 13.6 Å². The number of aromatic amines is 1. The molecule has 254 valence electrons. The van der Waals surface area contributed by atoms with Crippen molar-refractivity contribution in [2.24, 2.45) is 5.73 Å². The molecule has 47 heavy (non-hydrogen) atoms. The Labute approximate surface area is 337 Å². The summed E-state index contributed by atoms with van der Waals surface area (Å²) in [5.41, 5.74) is 18.6. The molecule has 1 aromatic heterocycles. The van der Waals surface area contributed by atoms with Crippen LogP contribution in [0.5, 0.6) is 0 Å². The molecular weight excluding hydrogens is 620 g/mol. The van der Waals surface area contributed by atoms with Crippen molar-refractivity contribution >= 4 is 34.4 Å². The van der Waals surface area contributed by atoms with Crippen molar-refractivity contribution in [1.82, 2.24) is 10.3 Å². The molecule has 0 amide bonds. The molecule has 6 heteroatoms. The molecular formula is C41H63KN4S. The van der Waals surface area contributed by atoms with Gasteiger partial charge in [0.2, 0.25) is 0 Å². The number of nitrogens with two attached hydrogens (primary N) is 1. The Kier molecular flexibility index (Phi) is 26.6. The third-order valence-electron chi connectivity index (χ3n) is 7.07. The van der Waals surface area contributed by atoms with E-state index in [0.29, 0.717) is 6.04 Å². The van der Waals surface area contributed by atoms with Crippen LogP contribution in [0.1, 0.15) is 108 Å². The van der Waals surface area contributed by atoms with Gasteiger partial charge in [-0.2, -0.15) is 7.05 Å². The van der Waals surface area contributed by atoms with Crippen molar-refractivity contribution in [3.63, 3.8) is 0 Å². The van der Waals surface area contributed by atoms with E-state index in [-0.39, 0.29) is 57.4 Å². The smallest absolute Gasteiger partial charge is 0.664 e. The molecule has 0 aliphatic carbocycles. The first-order valence-electron chi connectivity index (χ1n) is 16.8. The maximum atomic E-state index is 5.49. The number of hydrogen-bond acceptors (Lipinski definition) is 2. The predicted molar refractivity (Wildman–Crippen MR) is 214 cm³/mol. The SMILES string of the molecule is C=C(CCC)/C(=C\c1[nH]c(C)c(C(=C)C)c1-c1ccc(C)cc1)c1ccccc1C.CC.CC(=S)NC(C)C.CCC(N)C[N-]C.[K+]. The zero-order chi connectivity index (χ0) is 35.4. The molecule has 1 heterocycles. The van der Waals surface area contributed by atoms with Gasteiger partial charge in [0.25, 0.3) is 0 Å². The zero-order valence-electron chi connectivity index (χ0n) is 32.0. The number of allylic oxidation sites excluding steroid dienone is 3. The van der Waals surface area contributed by atoms with E-state index in [4.69, 9.17) is 18.0 Å². The molecule has 3 rings (SSSR count).